The molecular formula is C16H22N4O. The van der Waals surface area contributed by atoms with Crippen LogP contribution in [0, 0.1) is 0 Å². The van der Waals surface area contributed by atoms with Crippen LogP contribution in [0.3, 0.4) is 0 Å². The lowest BCUT2D eigenvalue weighted by molar-refractivity contribution is 0.241. The van der Waals surface area contributed by atoms with Crippen LogP contribution in [0.2, 0.25) is 0 Å². The van der Waals surface area contributed by atoms with E-state index in [1.165, 1.54) is 0 Å². The van der Waals surface area contributed by atoms with E-state index in [4.69, 9.17) is 10.6 Å². The number of hydrogen-bond donors (Lipinski definition) is 2. The number of pyridine rings is 2. The number of hydrogen-bond acceptors (Lipinski definition) is 5. The van der Waals surface area contributed by atoms with Crippen LogP contribution in [0.4, 0.5) is 0 Å². The zero-order valence-corrected chi connectivity index (χ0v) is 12.5. The van der Waals surface area contributed by atoms with Crippen LogP contribution in [0.15, 0.2) is 42.9 Å². The fourth-order valence-electron chi connectivity index (χ4n) is 2.15. The molecule has 0 aliphatic rings. The summed E-state index contributed by atoms with van der Waals surface area (Å²) >= 11 is 0. The number of hydrazine groups is 1. The van der Waals surface area contributed by atoms with Gasteiger partial charge in [-0.2, -0.15) is 0 Å². The highest BCUT2D eigenvalue weighted by Crippen LogP contribution is 2.21. The van der Waals surface area contributed by atoms with Crippen LogP contribution >= 0.6 is 0 Å². The third-order valence-corrected chi connectivity index (χ3v) is 3.12. The lowest BCUT2D eigenvalue weighted by Gasteiger charge is -2.17. The van der Waals surface area contributed by atoms with Gasteiger partial charge in [-0.25, -0.2) is 0 Å². The predicted octanol–water partition coefficient (Wildman–Crippen LogP) is 2.40. The Hall–Kier alpha value is -1.98. The monoisotopic (exact) mass is 286 g/mol. The lowest BCUT2D eigenvalue weighted by atomic mass is 10.0. The van der Waals surface area contributed by atoms with Gasteiger partial charge in [0.25, 0.3) is 0 Å². The van der Waals surface area contributed by atoms with Crippen molar-refractivity contribution < 1.29 is 4.74 Å². The van der Waals surface area contributed by atoms with Crippen molar-refractivity contribution in [3.8, 4) is 5.75 Å². The summed E-state index contributed by atoms with van der Waals surface area (Å²) in [5.41, 5.74) is 4.92. The Morgan fingerprint density at radius 3 is 2.81 bits per heavy atom. The zero-order valence-electron chi connectivity index (χ0n) is 12.5. The van der Waals surface area contributed by atoms with E-state index in [9.17, 15) is 0 Å². The van der Waals surface area contributed by atoms with Gasteiger partial charge in [-0.1, -0.05) is 6.07 Å². The van der Waals surface area contributed by atoms with E-state index in [0.717, 1.165) is 29.8 Å². The number of nitrogens with two attached hydrogens (primary N) is 1. The van der Waals surface area contributed by atoms with Crippen LogP contribution in [-0.4, -0.2) is 16.1 Å². The minimum atomic E-state index is 0.0234. The molecule has 0 aliphatic carbocycles. The third kappa shape index (κ3) is 4.81. The average Bonchev–Trinajstić information content (AvgIpc) is 2.49. The second kappa shape index (κ2) is 7.71. The molecule has 1 atom stereocenters. The zero-order chi connectivity index (χ0) is 15.1. The number of nitrogens with zero attached hydrogens (tertiary/aromatic N) is 2. The molecule has 0 aliphatic heterocycles. The molecule has 2 aromatic rings. The summed E-state index contributed by atoms with van der Waals surface area (Å²) in [5, 5.41) is 0. The van der Waals surface area contributed by atoms with Gasteiger partial charge in [0, 0.05) is 24.1 Å². The van der Waals surface area contributed by atoms with Gasteiger partial charge < -0.3 is 4.74 Å². The molecule has 5 heteroatoms. The van der Waals surface area contributed by atoms with Crippen molar-refractivity contribution in [3.05, 3.63) is 54.1 Å². The molecule has 2 rings (SSSR count). The summed E-state index contributed by atoms with van der Waals surface area (Å²) < 4.78 is 5.67. The maximum Gasteiger partial charge on any atom is 0.138 e. The summed E-state index contributed by atoms with van der Waals surface area (Å²) in [6, 6.07) is 7.93. The normalized spacial score (nSPS) is 12.4. The summed E-state index contributed by atoms with van der Waals surface area (Å²) in [6.07, 6.45) is 7.16. The molecule has 21 heavy (non-hydrogen) atoms. The largest absolute Gasteiger partial charge is 0.489 e. The summed E-state index contributed by atoms with van der Waals surface area (Å²) in [6.45, 7) is 3.98. The molecule has 2 heterocycles. The maximum atomic E-state index is 5.68. The van der Waals surface area contributed by atoms with Crippen LogP contribution in [0.5, 0.6) is 5.75 Å². The second-order valence-corrected chi connectivity index (χ2v) is 5.20. The minimum absolute atomic E-state index is 0.0234. The van der Waals surface area contributed by atoms with Crippen molar-refractivity contribution in [2.75, 3.05) is 0 Å². The number of aryl methyl sites for hydroxylation is 1. The van der Waals surface area contributed by atoms with Gasteiger partial charge in [-0.3, -0.25) is 21.2 Å². The molecule has 0 saturated heterocycles. The van der Waals surface area contributed by atoms with E-state index in [2.05, 4.69) is 15.4 Å². The molecule has 1 unspecified atom stereocenters. The first-order valence-electron chi connectivity index (χ1n) is 7.16. The second-order valence-electron chi connectivity index (χ2n) is 5.20. The fourth-order valence-corrected chi connectivity index (χ4v) is 2.15. The predicted molar refractivity (Wildman–Crippen MR) is 82.6 cm³/mol. The Balaban J connectivity index is 2.03. The van der Waals surface area contributed by atoms with E-state index in [0.29, 0.717) is 0 Å². The summed E-state index contributed by atoms with van der Waals surface area (Å²) in [4.78, 5) is 8.55. The van der Waals surface area contributed by atoms with Gasteiger partial charge in [0.15, 0.2) is 0 Å². The van der Waals surface area contributed by atoms with Crippen LogP contribution in [0.25, 0.3) is 0 Å². The van der Waals surface area contributed by atoms with Crippen molar-refractivity contribution in [3.63, 3.8) is 0 Å². The standard InChI is InChI=1S/C16H22N4O/c1-12(2)21-15-9-13(10-18-11-15)16(20-17)7-6-14-5-3-4-8-19-14/h3-5,8-12,16,20H,6-7,17H2,1-2H3. The molecule has 0 aromatic carbocycles. The minimum Gasteiger partial charge on any atom is -0.489 e. The first-order chi connectivity index (χ1) is 10.2. The van der Waals surface area contributed by atoms with Crippen molar-refractivity contribution in [2.45, 2.75) is 38.8 Å². The van der Waals surface area contributed by atoms with Crippen LogP contribution in [0.1, 0.15) is 37.6 Å². The SMILES string of the molecule is CC(C)Oc1cncc(C(CCc2ccccn2)NN)c1. The first-order valence-corrected chi connectivity index (χ1v) is 7.16. The van der Waals surface area contributed by atoms with Gasteiger partial charge >= 0.3 is 0 Å². The van der Waals surface area contributed by atoms with Crippen molar-refractivity contribution >= 4 is 0 Å². The van der Waals surface area contributed by atoms with Gasteiger partial charge in [0.1, 0.15) is 5.75 Å². The smallest absolute Gasteiger partial charge is 0.138 e. The highest BCUT2D eigenvalue weighted by atomic mass is 16.5. The molecule has 0 radical (unpaired) electrons. The Morgan fingerprint density at radius 2 is 2.14 bits per heavy atom. The number of nitrogens with one attached hydrogen (secondary N) is 1. The maximum absolute atomic E-state index is 5.68. The Morgan fingerprint density at radius 1 is 1.29 bits per heavy atom. The Kier molecular flexibility index (Phi) is 5.66. The van der Waals surface area contributed by atoms with E-state index in [1.54, 1.807) is 12.4 Å². The molecular weight excluding hydrogens is 264 g/mol. The molecule has 0 bridgehead atoms. The number of rotatable bonds is 7. The first kappa shape index (κ1) is 15.4. The van der Waals surface area contributed by atoms with Gasteiger partial charge in [-0.05, 0) is 50.5 Å². The molecule has 5 nitrogen and oxygen atoms in total. The molecule has 0 fully saturated rings. The molecule has 0 amide bonds. The van der Waals surface area contributed by atoms with Crippen LogP contribution < -0.4 is 16.0 Å². The van der Waals surface area contributed by atoms with Gasteiger partial charge in [0.05, 0.1) is 12.3 Å². The lowest BCUT2D eigenvalue weighted by Crippen LogP contribution is -2.28. The van der Waals surface area contributed by atoms with Gasteiger partial charge in [-0.15, -0.1) is 0 Å². The molecule has 112 valence electrons. The van der Waals surface area contributed by atoms with Crippen LogP contribution in [-0.2, 0) is 6.42 Å². The summed E-state index contributed by atoms with van der Waals surface area (Å²) in [7, 11) is 0. The van der Waals surface area contributed by atoms with E-state index >= 15 is 0 Å². The van der Waals surface area contributed by atoms with E-state index in [1.807, 2.05) is 44.3 Å². The highest BCUT2D eigenvalue weighted by molar-refractivity contribution is 5.26. The molecule has 3 N–H and O–H groups in total. The quantitative estimate of drug-likeness (QED) is 0.604. The average molecular weight is 286 g/mol. The number of ether oxygens (including phenoxy) is 1. The third-order valence-electron chi connectivity index (χ3n) is 3.12. The van der Waals surface area contributed by atoms with Crippen molar-refractivity contribution in [2.24, 2.45) is 5.84 Å². The van der Waals surface area contributed by atoms with E-state index < -0.39 is 0 Å². The van der Waals surface area contributed by atoms with E-state index in [-0.39, 0.29) is 12.1 Å². The summed E-state index contributed by atoms with van der Waals surface area (Å²) in [5.74, 6) is 6.45. The number of aromatic nitrogens is 2. The van der Waals surface area contributed by atoms with Gasteiger partial charge in [0.2, 0.25) is 0 Å². The molecule has 0 spiro atoms. The van der Waals surface area contributed by atoms with Crippen molar-refractivity contribution in [1.29, 1.82) is 0 Å². The molecule has 2 aromatic heterocycles. The highest BCUT2D eigenvalue weighted by Gasteiger charge is 2.12. The fraction of sp³-hybridized carbons (Fsp3) is 0.375. The molecule has 0 saturated carbocycles. The Labute approximate surface area is 125 Å². The Bertz CT molecular complexity index is 545. The van der Waals surface area contributed by atoms with Crippen molar-refractivity contribution in [1.82, 2.24) is 15.4 Å². The topological polar surface area (TPSA) is 73.1 Å².